The van der Waals surface area contributed by atoms with Crippen LogP contribution < -0.4 is 4.72 Å². The maximum Gasteiger partial charge on any atom is 0.322 e. The van der Waals surface area contributed by atoms with Crippen LogP contribution in [0.1, 0.15) is 20.8 Å². The van der Waals surface area contributed by atoms with Crippen molar-refractivity contribution >= 4 is 39.2 Å². The van der Waals surface area contributed by atoms with Crippen molar-refractivity contribution in [3.05, 3.63) is 28.0 Å². The molecule has 0 aliphatic carbocycles. The Morgan fingerprint density at radius 3 is 2.29 bits per heavy atom. The van der Waals surface area contributed by atoms with E-state index in [0.29, 0.717) is 0 Å². The number of benzene rings is 1. The van der Waals surface area contributed by atoms with Gasteiger partial charge in [0.1, 0.15) is 10.9 Å². The number of rotatable bonds is 4. The number of halogens is 3. The van der Waals surface area contributed by atoms with Gasteiger partial charge < -0.3 is 5.11 Å². The molecule has 2 N–H and O–H groups in total. The van der Waals surface area contributed by atoms with Crippen molar-refractivity contribution in [2.24, 2.45) is 5.41 Å². The fraction of sp³-hybridized carbons (Fsp3) is 0.417. The van der Waals surface area contributed by atoms with Crippen LogP contribution in [-0.4, -0.2) is 25.5 Å². The summed E-state index contributed by atoms with van der Waals surface area (Å²) in [6.07, 6.45) is 0. The van der Waals surface area contributed by atoms with Crippen LogP contribution in [0.4, 0.5) is 4.39 Å². The number of nitrogens with one attached hydrogen (secondary N) is 1. The van der Waals surface area contributed by atoms with Gasteiger partial charge in [-0.05, 0) is 17.5 Å². The molecule has 1 aromatic rings. The van der Waals surface area contributed by atoms with E-state index in [1.54, 1.807) is 20.8 Å². The first-order valence-electron chi connectivity index (χ1n) is 5.76. The lowest BCUT2D eigenvalue weighted by atomic mass is 9.88. The predicted molar refractivity (Wildman–Crippen MR) is 77.6 cm³/mol. The van der Waals surface area contributed by atoms with Crippen LogP contribution in [0.25, 0.3) is 0 Å². The molecular formula is C12H14Cl2FNO4S. The molecule has 0 heterocycles. The van der Waals surface area contributed by atoms with Gasteiger partial charge in [-0.1, -0.05) is 44.0 Å². The molecule has 0 saturated heterocycles. The summed E-state index contributed by atoms with van der Waals surface area (Å²) in [5.74, 6) is -2.43. The minimum atomic E-state index is -4.32. The molecule has 9 heteroatoms. The van der Waals surface area contributed by atoms with Gasteiger partial charge in [0.25, 0.3) is 0 Å². The summed E-state index contributed by atoms with van der Waals surface area (Å²) in [7, 11) is -4.32. The normalized spacial score (nSPS) is 14.0. The second-order valence-electron chi connectivity index (χ2n) is 5.43. The lowest BCUT2D eigenvalue weighted by molar-refractivity contribution is -0.141. The molecule has 5 nitrogen and oxygen atoms in total. The van der Waals surface area contributed by atoms with Gasteiger partial charge in [-0.2, -0.15) is 4.72 Å². The van der Waals surface area contributed by atoms with Gasteiger partial charge in [-0.25, -0.2) is 12.8 Å². The third kappa shape index (κ3) is 4.06. The SMILES string of the molecule is CC(C)(C)C(NS(=O)(=O)c1ccc(Cl)c(F)c1Cl)C(=O)O. The zero-order chi connectivity index (χ0) is 16.6. The van der Waals surface area contributed by atoms with Crippen LogP contribution in [0.3, 0.4) is 0 Å². The molecule has 0 fully saturated rings. The Morgan fingerprint density at radius 1 is 1.33 bits per heavy atom. The second-order valence-corrected chi connectivity index (χ2v) is 7.90. The quantitative estimate of drug-likeness (QED) is 0.811. The Bertz CT molecular complexity index is 671. The topological polar surface area (TPSA) is 83.5 Å². The van der Waals surface area contributed by atoms with Crippen molar-refractivity contribution in [1.29, 1.82) is 0 Å². The molecule has 0 spiro atoms. The van der Waals surface area contributed by atoms with Crippen LogP contribution in [0.2, 0.25) is 10.0 Å². The summed E-state index contributed by atoms with van der Waals surface area (Å²) in [4.78, 5) is 10.6. The van der Waals surface area contributed by atoms with E-state index in [-0.39, 0.29) is 5.02 Å². The average molecular weight is 358 g/mol. The van der Waals surface area contributed by atoms with Gasteiger partial charge in [-0.15, -0.1) is 0 Å². The van der Waals surface area contributed by atoms with E-state index in [9.17, 15) is 17.6 Å². The number of carboxylic acids is 1. The average Bonchev–Trinajstić information content (AvgIpc) is 2.31. The van der Waals surface area contributed by atoms with Crippen LogP contribution in [0, 0.1) is 11.2 Å². The predicted octanol–water partition coefficient (Wildman–Crippen LogP) is 2.91. The highest BCUT2D eigenvalue weighted by Gasteiger charge is 2.36. The second kappa shape index (κ2) is 6.08. The maximum absolute atomic E-state index is 13.6. The summed E-state index contributed by atoms with van der Waals surface area (Å²) in [5.41, 5.74) is -0.893. The largest absolute Gasteiger partial charge is 0.480 e. The molecule has 0 radical (unpaired) electrons. The molecule has 1 rings (SSSR count). The smallest absolute Gasteiger partial charge is 0.322 e. The summed E-state index contributed by atoms with van der Waals surface area (Å²) in [5, 5.41) is 8.12. The van der Waals surface area contributed by atoms with Crippen molar-refractivity contribution < 1.29 is 22.7 Å². The van der Waals surface area contributed by atoms with E-state index in [1.807, 2.05) is 4.72 Å². The lowest BCUT2D eigenvalue weighted by Crippen LogP contribution is -2.49. The molecule has 0 aliphatic rings. The Kier molecular flexibility index (Phi) is 5.26. The van der Waals surface area contributed by atoms with Gasteiger partial charge in [0, 0.05) is 0 Å². The minimum absolute atomic E-state index is 0.329. The summed E-state index contributed by atoms with van der Waals surface area (Å²) in [6, 6.07) is 0.638. The third-order valence-corrected chi connectivity index (χ3v) is 4.91. The molecular weight excluding hydrogens is 344 g/mol. The maximum atomic E-state index is 13.6. The van der Waals surface area contributed by atoms with Gasteiger partial charge in [0.2, 0.25) is 10.0 Å². The number of hydrogen-bond donors (Lipinski definition) is 2. The van der Waals surface area contributed by atoms with Crippen molar-refractivity contribution in [1.82, 2.24) is 4.72 Å². The van der Waals surface area contributed by atoms with E-state index in [2.05, 4.69) is 0 Å². The molecule has 0 aromatic heterocycles. The molecule has 0 saturated carbocycles. The number of carbonyl (C=O) groups is 1. The molecule has 1 aromatic carbocycles. The molecule has 0 aliphatic heterocycles. The molecule has 0 bridgehead atoms. The van der Waals surface area contributed by atoms with Gasteiger partial charge >= 0.3 is 5.97 Å². The van der Waals surface area contributed by atoms with E-state index < -0.39 is 43.2 Å². The number of hydrogen-bond acceptors (Lipinski definition) is 3. The molecule has 118 valence electrons. The van der Waals surface area contributed by atoms with Gasteiger partial charge in [-0.3, -0.25) is 4.79 Å². The molecule has 0 amide bonds. The monoisotopic (exact) mass is 357 g/mol. The summed E-state index contributed by atoms with van der Waals surface area (Å²) < 4.78 is 40.0. The first-order chi connectivity index (χ1) is 9.38. The van der Waals surface area contributed by atoms with E-state index in [0.717, 1.165) is 12.1 Å². The van der Waals surface area contributed by atoms with Crippen molar-refractivity contribution in [2.45, 2.75) is 31.7 Å². The highest BCUT2D eigenvalue weighted by atomic mass is 35.5. The van der Waals surface area contributed by atoms with Gasteiger partial charge in [0.15, 0.2) is 5.82 Å². The van der Waals surface area contributed by atoms with Crippen molar-refractivity contribution in [3.8, 4) is 0 Å². The van der Waals surface area contributed by atoms with Gasteiger partial charge in [0.05, 0.1) is 10.0 Å². The Morgan fingerprint density at radius 2 is 1.86 bits per heavy atom. The zero-order valence-electron chi connectivity index (χ0n) is 11.4. The molecule has 21 heavy (non-hydrogen) atoms. The zero-order valence-corrected chi connectivity index (χ0v) is 13.8. The van der Waals surface area contributed by atoms with Crippen LogP contribution in [0.15, 0.2) is 17.0 Å². The van der Waals surface area contributed by atoms with Crippen LogP contribution in [0.5, 0.6) is 0 Å². The van der Waals surface area contributed by atoms with E-state index >= 15 is 0 Å². The van der Waals surface area contributed by atoms with E-state index in [1.165, 1.54) is 0 Å². The first kappa shape index (κ1) is 18.2. The minimum Gasteiger partial charge on any atom is -0.480 e. The first-order valence-corrected chi connectivity index (χ1v) is 8.00. The third-order valence-electron chi connectivity index (χ3n) is 2.68. The summed E-state index contributed by atoms with van der Waals surface area (Å²) >= 11 is 11.1. The fourth-order valence-corrected chi connectivity index (χ4v) is 3.67. The van der Waals surface area contributed by atoms with E-state index in [4.69, 9.17) is 28.3 Å². The fourth-order valence-electron chi connectivity index (χ4n) is 1.53. The lowest BCUT2D eigenvalue weighted by Gasteiger charge is -2.27. The van der Waals surface area contributed by atoms with Crippen molar-refractivity contribution in [3.63, 3.8) is 0 Å². The van der Waals surface area contributed by atoms with Crippen molar-refractivity contribution in [2.75, 3.05) is 0 Å². The van der Waals surface area contributed by atoms with Crippen LogP contribution in [-0.2, 0) is 14.8 Å². The molecule has 1 unspecified atom stereocenters. The standard InChI is InChI=1S/C12H14Cl2FNO4S/c1-12(2,3)10(11(17)18)16-21(19,20)7-5-4-6(13)9(15)8(7)14/h4-5,10,16H,1-3H3,(H,17,18). The number of aliphatic carboxylic acids is 1. The van der Waals surface area contributed by atoms with Crippen LogP contribution >= 0.6 is 23.2 Å². The highest BCUT2D eigenvalue weighted by molar-refractivity contribution is 7.89. The Balaban J connectivity index is 3.30. The number of carboxylic acid groups (broad SMARTS) is 1. The molecule has 1 atom stereocenters. The highest BCUT2D eigenvalue weighted by Crippen LogP contribution is 2.30. The Labute approximate surface area is 132 Å². The summed E-state index contributed by atoms with van der Waals surface area (Å²) in [6.45, 7) is 4.66. The Hall–Kier alpha value is -0.890. The number of sulfonamides is 1.